The summed E-state index contributed by atoms with van der Waals surface area (Å²) in [7, 11) is 2.21. The van der Waals surface area contributed by atoms with Gasteiger partial charge < -0.3 is 5.32 Å². The van der Waals surface area contributed by atoms with Crippen molar-refractivity contribution < 1.29 is 0 Å². The zero-order chi connectivity index (χ0) is 12.7. The van der Waals surface area contributed by atoms with E-state index in [4.69, 9.17) is 0 Å². The Kier molecular flexibility index (Phi) is 3.71. The summed E-state index contributed by atoms with van der Waals surface area (Å²) in [4.78, 5) is 0. The molecule has 0 heterocycles. The van der Waals surface area contributed by atoms with E-state index in [1.54, 1.807) is 32.1 Å². The zero-order valence-electron chi connectivity index (χ0n) is 12.5. The molecule has 4 bridgehead atoms. The highest BCUT2D eigenvalue weighted by atomic mass is 14.9. The van der Waals surface area contributed by atoms with Crippen LogP contribution in [0.3, 0.4) is 0 Å². The van der Waals surface area contributed by atoms with Crippen molar-refractivity contribution in [3.63, 3.8) is 0 Å². The lowest BCUT2D eigenvalue weighted by Crippen LogP contribution is -2.54. The van der Waals surface area contributed by atoms with Crippen molar-refractivity contribution in [1.29, 1.82) is 0 Å². The first-order chi connectivity index (χ1) is 8.72. The highest BCUT2D eigenvalue weighted by molar-refractivity contribution is 5.02. The van der Waals surface area contributed by atoms with Crippen LogP contribution >= 0.6 is 0 Å². The van der Waals surface area contributed by atoms with Crippen LogP contribution in [0.2, 0.25) is 0 Å². The summed E-state index contributed by atoms with van der Waals surface area (Å²) in [5, 5.41) is 3.71. The molecule has 1 nitrogen and oxygen atoms in total. The van der Waals surface area contributed by atoms with Crippen LogP contribution in [0.1, 0.15) is 58.8 Å². The Bertz CT molecular complexity index is 257. The third-order valence-electron chi connectivity index (χ3n) is 6.40. The van der Waals surface area contributed by atoms with Gasteiger partial charge in [0.15, 0.2) is 0 Å². The van der Waals surface area contributed by atoms with Gasteiger partial charge in [-0.2, -0.15) is 0 Å². The van der Waals surface area contributed by atoms with Crippen LogP contribution in [0.15, 0.2) is 0 Å². The van der Waals surface area contributed by atoms with Crippen molar-refractivity contribution in [3.8, 4) is 0 Å². The van der Waals surface area contributed by atoms with Gasteiger partial charge >= 0.3 is 0 Å². The zero-order valence-corrected chi connectivity index (χ0v) is 12.5. The molecule has 1 heteroatoms. The molecular weight excluding hydrogens is 218 g/mol. The fraction of sp³-hybridized carbons (Fsp3) is 1.00. The van der Waals surface area contributed by atoms with Crippen molar-refractivity contribution in [2.75, 3.05) is 7.05 Å². The molecule has 4 aliphatic carbocycles. The van der Waals surface area contributed by atoms with Crippen molar-refractivity contribution >= 4 is 0 Å². The minimum absolute atomic E-state index is 0.792. The molecule has 4 aliphatic rings. The fourth-order valence-corrected chi connectivity index (χ4v) is 6.04. The molecule has 0 radical (unpaired) electrons. The maximum Gasteiger partial charge on any atom is 0.0123 e. The molecule has 0 aliphatic heterocycles. The van der Waals surface area contributed by atoms with E-state index in [0.717, 1.165) is 41.5 Å². The first kappa shape index (κ1) is 13.0. The smallest absolute Gasteiger partial charge is 0.0123 e. The predicted octanol–water partition coefficient (Wildman–Crippen LogP) is 4.08. The van der Waals surface area contributed by atoms with E-state index in [0.29, 0.717) is 0 Å². The Morgan fingerprint density at radius 2 is 1.56 bits per heavy atom. The number of rotatable bonds is 5. The lowest BCUT2D eigenvalue weighted by molar-refractivity contribution is -0.0589. The number of nitrogens with one attached hydrogen (secondary N) is 1. The Hall–Kier alpha value is -0.0400. The van der Waals surface area contributed by atoms with E-state index in [-0.39, 0.29) is 0 Å². The molecule has 104 valence electrons. The minimum atomic E-state index is 0.792. The normalized spacial score (nSPS) is 45.2. The molecule has 4 fully saturated rings. The van der Waals surface area contributed by atoms with Gasteiger partial charge in [0.25, 0.3) is 0 Å². The van der Waals surface area contributed by atoms with Gasteiger partial charge in [0.1, 0.15) is 0 Å². The first-order valence-corrected chi connectivity index (χ1v) is 8.40. The van der Waals surface area contributed by atoms with Crippen LogP contribution in [0, 0.1) is 35.5 Å². The summed E-state index contributed by atoms with van der Waals surface area (Å²) in [5.41, 5.74) is 0. The van der Waals surface area contributed by atoms with E-state index >= 15 is 0 Å². The summed E-state index contributed by atoms with van der Waals surface area (Å²) in [6.45, 7) is 4.82. The quantitative estimate of drug-likeness (QED) is 0.774. The Morgan fingerprint density at radius 3 is 2.00 bits per heavy atom. The third-order valence-corrected chi connectivity index (χ3v) is 6.40. The monoisotopic (exact) mass is 249 g/mol. The molecule has 0 aromatic carbocycles. The topological polar surface area (TPSA) is 12.0 Å². The molecule has 4 rings (SSSR count). The maximum absolute atomic E-state index is 3.71. The SMILES string of the molecule is CCCC(C)C(NC)C1C2CC3CC(C2)CC1C3. The van der Waals surface area contributed by atoms with Gasteiger partial charge in [-0.3, -0.25) is 0 Å². The molecule has 1 N–H and O–H groups in total. The molecule has 0 spiro atoms. The third kappa shape index (κ3) is 2.13. The summed E-state index contributed by atoms with van der Waals surface area (Å²) in [5.74, 6) is 6.23. The molecular formula is C17H31N. The summed E-state index contributed by atoms with van der Waals surface area (Å²) < 4.78 is 0. The highest BCUT2D eigenvalue weighted by Gasteiger charge is 2.50. The lowest BCUT2D eigenvalue weighted by Gasteiger charge is -2.57. The Morgan fingerprint density at radius 1 is 1.00 bits per heavy atom. The number of hydrogen-bond acceptors (Lipinski definition) is 1. The van der Waals surface area contributed by atoms with Gasteiger partial charge in [-0.15, -0.1) is 0 Å². The highest BCUT2D eigenvalue weighted by Crippen LogP contribution is 2.57. The maximum atomic E-state index is 3.71. The predicted molar refractivity (Wildman–Crippen MR) is 77.5 cm³/mol. The minimum Gasteiger partial charge on any atom is -0.316 e. The van der Waals surface area contributed by atoms with Crippen LogP contribution in [-0.2, 0) is 0 Å². The molecule has 2 unspecified atom stereocenters. The average Bonchev–Trinajstić information content (AvgIpc) is 2.33. The van der Waals surface area contributed by atoms with Crippen molar-refractivity contribution in [2.24, 2.45) is 35.5 Å². The van der Waals surface area contributed by atoms with Crippen molar-refractivity contribution in [2.45, 2.75) is 64.8 Å². The second-order valence-corrected chi connectivity index (χ2v) is 7.59. The average molecular weight is 249 g/mol. The second kappa shape index (κ2) is 5.15. The van der Waals surface area contributed by atoms with E-state index in [1.165, 1.54) is 12.8 Å². The largest absolute Gasteiger partial charge is 0.316 e. The molecule has 4 saturated carbocycles. The van der Waals surface area contributed by atoms with Gasteiger partial charge in [0.2, 0.25) is 0 Å². The number of hydrogen-bond donors (Lipinski definition) is 1. The molecule has 2 atom stereocenters. The molecule has 0 amide bonds. The van der Waals surface area contributed by atoms with Gasteiger partial charge in [0.05, 0.1) is 0 Å². The van der Waals surface area contributed by atoms with E-state index in [2.05, 4.69) is 26.2 Å². The first-order valence-electron chi connectivity index (χ1n) is 8.40. The van der Waals surface area contributed by atoms with Gasteiger partial charge in [-0.05, 0) is 81.1 Å². The van der Waals surface area contributed by atoms with Gasteiger partial charge in [-0.1, -0.05) is 20.3 Å². The van der Waals surface area contributed by atoms with Crippen LogP contribution in [0.4, 0.5) is 0 Å². The van der Waals surface area contributed by atoms with Crippen molar-refractivity contribution in [3.05, 3.63) is 0 Å². The van der Waals surface area contributed by atoms with Crippen LogP contribution in [0.25, 0.3) is 0 Å². The van der Waals surface area contributed by atoms with Crippen molar-refractivity contribution in [1.82, 2.24) is 5.32 Å². The molecule has 18 heavy (non-hydrogen) atoms. The standard InChI is InChI=1S/C17H31N/c1-4-5-11(2)17(18-3)16-14-7-12-6-13(9-14)10-15(16)8-12/h11-18H,4-10H2,1-3H3. The summed E-state index contributed by atoms with van der Waals surface area (Å²) in [6, 6.07) is 0.792. The molecule has 0 aromatic heterocycles. The summed E-state index contributed by atoms with van der Waals surface area (Å²) in [6.07, 6.45) is 10.6. The van der Waals surface area contributed by atoms with Crippen LogP contribution in [0.5, 0.6) is 0 Å². The van der Waals surface area contributed by atoms with E-state index in [9.17, 15) is 0 Å². The Labute approximate surface area is 113 Å². The molecule has 0 aromatic rings. The lowest BCUT2D eigenvalue weighted by atomic mass is 9.49. The fourth-order valence-electron chi connectivity index (χ4n) is 6.04. The van der Waals surface area contributed by atoms with Gasteiger partial charge in [-0.25, -0.2) is 0 Å². The molecule has 0 saturated heterocycles. The summed E-state index contributed by atoms with van der Waals surface area (Å²) >= 11 is 0. The van der Waals surface area contributed by atoms with E-state index in [1.807, 2.05) is 0 Å². The van der Waals surface area contributed by atoms with Gasteiger partial charge in [0, 0.05) is 6.04 Å². The van der Waals surface area contributed by atoms with E-state index < -0.39 is 0 Å². The van der Waals surface area contributed by atoms with Crippen LogP contribution < -0.4 is 5.32 Å². The Balaban J connectivity index is 1.74. The van der Waals surface area contributed by atoms with Crippen LogP contribution in [-0.4, -0.2) is 13.1 Å². The second-order valence-electron chi connectivity index (χ2n) is 7.59.